The lowest BCUT2D eigenvalue weighted by Gasteiger charge is -2.27. The van der Waals surface area contributed by atoms with Gasteiger partial charge in [-0.2, -0.15) is 0 Å². The number of unbranched alkanes of at least 4 members (excludes halogenated alkanes) is 1. The fourth-order valence-corrected chi connectivity index (χ4v) is 4.82. The Morgan fingerprint density at radius 3 is 2.09 bits per heavy atom. The van der Waals surface area contributed by atoms with E-state index in [1.54, 1.807) is 0 Å². The van der Waals surface area contributed by atoms with Crippen LogP contribution in [0.5, 0.6) is 0 Å². The molecule has 0 radical (unpaired) electrons. The van der Waals surface area contributed by atoms with Crippen LogP contribution in [0.3, 0.4) is 0 Å². The van der Waals surface area contributed by atoms with Gasteiger partial charge in [-0.15, -0.1) is 0 Å². The second kappa shape index (κ2) is 11.9. The second-order valence-electron chi connectivity index (χ2n) is 8.55. The molecule has 1 unspecified atom stereocenters. The Morgan fingerprint density at radius 1 is 0.886 bits per heavy atom. The van der Waals surface area contributed by atoms with Gasteiger partial charge < -0.3 is 20.5 Å². The maximum atomic E-state index is 13.0. The number of ether oxygens (including phenoxy) is 2. The summed E-state index contributed by atoms with van der Waals surface area (Å²) in [5.74, 6) is -0.0468. The summed E-state index contributed by atoms with van der Waals surface area (Å²) in [4.78, 5) is 24.6. The molecule has 1 aliphatic carbocycles. The van der Waals surface area contributed by atoms with Crippen LogP contribution in [0.25, 0.3) is 11.1 Å². The Balaban J connectivity index is 1.49. The Kier molecular flexibility index (Phi) is 8.40. The van der Waals surface area contributed by atoms with Crippen molar-refractivity contribution in [3.8, 4) is 11.1 Å². The molecule has 4 rings (SSSR count). The molecule has 0 fully saturated rings. The van der Waals surface area contributed by atoms with Crippen molar-refractivity contribution in [2.45, 2.75) is 37.3 Å². The zero-order chi connectivity index (χ0) is 24.6. The van der Waals surface area contributed by atoms with Crippen molar-refractivity contribution < 1.29 is 19.1 Å². The molecule has 3 aromatic rings. The average Bonchev–Trinajstić information content (AvgIpc) is 3.20. The Hall–Kier alpha value is -3.35. The first-order valence-corrected chi connectivity index (χ1v) is 12.2. The lowest BCUT2D eigenvalue weighted by atomic mass is 9.97. The number of carbonyl (C=O) groups excluding carboxylic acids is 2. The third kappa shape index (κ3) is 6.02. The first-order chi connectivity index (χ1) is 17.1. The van der Waals surface area contributed by atoms with E-state index in [4.69, 9.17) is 26.8 Å². The topological polar surface area (TPSA) is 90.7 Å². The highest BCUT2D eigenvalue weighted by molar-refractivity contribution is 6.61. The summed E-state index contributed by atoms with van der Waals surface area (Å²) >= 11 is 5.58. The number of carbonyl (C=O) groups is 2. The molecule has 3 aromatic carbocycles. The Labute approximate surface area is 210 Å². The Morgan fingerprint density at radius 2 is 1.49 bits per heavy atom. The van der Waals surface area contributed by atoms with Crippen LogP contribution in [0.15, 0.2) is 78.9 Å². The molecule has 0 spiro atoms. The van der Waals surface area contributed by atoms with Gasteiger partial charge in [-0.3, -0.25) is 0 Å². The van der Waals surface area contributed by atoms with E-state index in [1.165, 1.54) is 0 Å². The number of hydrogen-bond donors (Lipinski definition) is 2. The summed E-state index contributed by atoms with van der Waals surface area (Å²) in [6, 6.07) is 25.0. The molecule has 0 heterocycles. The summed E-state index contributed by atoms with van der Waals surface area (Å²) in [5.41, 5.74) is 10.1. The third-order valence-electron chi connectivity index (χ3n) is 6.33. The summed E-state index contributed by atoms with van der Waals surface area (Å²) in [5, 5.41) is 2.91. The van der Waals surface area contributed by atoms with Crippen molar-refractivity contribution in [3.63, 3.8) is 0 Å². The lowest BCUT2D eigenvalue weighted by molar-refractivity contribution is 0.0808. The highest BCUT2D eigenvalue weighted by Crippen LogP contribution is 2.44. The fraction of sp³-hybridized carbons (Fsp3) is 0.286. The van der Waals surface area contributed by atoms with E-state index in [0.29, 0.717) is 13.0 Å². The monoisotopic (exact) mass is 492 g/mol. The van der Waals surface area contributed by atoms with Crippen LogP contribution in [0, 0.1) is 0 Å². The number of benzene rings is 3. The van der Waals surface area contributed by atoms with Crippen molar-refractivity contribution in [2.75, 3.05) is 13.2 Å². The van der Waals surface area contributed by atoms with E-state index in [9.17, 15) is 9.59 Å². The summed E-state index contributed by atoms with van der Waals surface area (Å²) in [6.45, 7) is 0.726. The zero-order valence-electron chi connectivity index (χ0n) is 19.4. The lowest BCUT2D eigenvalue weighted by Crippen LogP contribution is -2.41. The largest absolute Gasteiger partial charge is 0.449 e. The van der Waals surface area contributed by atoms with Crippen LogP contribution in [0.2, 0.25) is 0 Å². The van der Waals surface area contributed by atoms with Gasteiger partial charge in [0.05, 0.1) is 6.04 Å². The van der Waals surface area contributed by atoms with Crippen LogP contribution < -0.4 is 11.1 Å². The number of nitrogens with one attached hydrogen (secondary N) is 1. The van der Waals surface area contributed by atoms with Gasteiger partial charge in [0.25, 0.3) is 0 Å². The maximum Gasteiger partial charge on any atom is 0.407 e. The molecule has 1 aliphatic rings. The standard InChI is InChI=1S/C28H29ClN2O4/c29-27(32)35-26(19-10-2-1-3-11-19)25(16-8-9-17-30)31-28(33)34-18-24-22-14-6-4-12-20(22)21-13-5-7-15-23(21)24/h1-7,10-15,24-26H,8-9,16-18,30H2,(H,31,33)/t25-,26?/m0/s1. The first kappa shape index (κ1) is 24.8. The zero-order valence-corrected chi connectivity index (χ0v) is 20.1. The predicted molar refractivity (Wildman–Crippen MR) is 136 cm³/mol. The summed E-state index contributed by atoms with van der Waals surface area (Å²) in [7, 11) is 0. The van der Waals surface area contributed by atoms with Crippen molar-refractivity contribution in [1.82, 2.24) is 5.32 Å². The fourth-order valence-electron chi connectivity index (χ4n) is 4.72. The molecule has 0 saturated carbocycles. The first-order valence-electron chi connectivity index (χ1n) is 11.8. The molecule has 6 nitrogen and oxygen atoms in total. The van der Waals surface area contributed by atoms with E-state index >= 15 is 0 Å². The normalized spacial score (nSPS) is 13.9. The molecular formula is C28H29ClN2O4. The van der Waals surface area contributed by atoms with E-state index in [-0.39, 0.29) is 12.5 Å². The van der Waals surface area contributed by atoms with E-state index in [2.05, 4.69) is 29.6 Å². The molecule has 2 atom stereocenters. The van der Waals surface area contributed by atoms with Crippen molar-refractivity contribution in [3.05, 3.63) is 95.6 Å². The molecule has 1 amide bonds. The molecule has 0 aromatic heterocycles. The van der Waals surface area contributed by atoms with Gasteiger partial charge in [-0.1, -0.05) is 78.9 Å². The van der Waals surface area contributed by atoms with Gasteiger partial charge in [0.1, 0.15) is 12.7 Å². The van der Waals surface area contributed by atoms with Gasteiger partial charge in [0.2, 0.25) is 0 Å². The van der Waals surface area contributed by atoms with Crippen molar-refractivity contribution in [2.24, 2.45) is 5.73 Å². The van der Waals surface area contributed by atoms with Crippen LogP contribution >= 0.6 is 11.6 Å². The van der Waals surface area contributed by atoms with Gasteiger partial charge in [0.15, 0.2) is 0 Å². The maximum absolute atomic E-state index is 13.0. The molecule has 0 saturated heterocycles. The molecule has 7 heteroatoms. The van der Waals surface area contributed by atoms with Crippen molar-refractivity contribution in [1.29, 1.82) is 0 Å². The summed E-state index contributed by atoms with van der Waals surface area (Å²) in [6.07, 6.45) is 0.744. The van der Waals surface area contributed by atoms with Crippen LogP contribution in [0.1, 0.15) is 48.0 Å². The number of halogens is 1. The van der Waals surface area contributed by atoms with E-state index < -0.39 is 23.7 Å². The molecule has 0 bridgehead atoms. The average molecular weight is 493 g/mol. The van der Waals surface area contributed by atoms with Crippen LogP contribution in [-0.2, 0) is 9.47 Å². The third-order valence-corrected chi connectivity index (χ3v) is 6.42. The minimum absolute atomic E-state index is 0.0468. The number of nitrogens with two attached hydrogens (primary N) is 1. The number of fused-ring (bicyclic) bond motifs is 3. The number of amides is 1. The Bertz CT molecular complexity index is 1110. The highest BCUT2D eigenvalue weighted by Gasteiger charge is 2.31. The molecular weight excluding hydrogens is 464 g/mol. The van der Waals surface area contributed by atoms with Crippen molar-refractivity contribution >= 4 is 23.1 Å². The van der Waals surface area contributed by atoms with E-state index in [1.807, 2.05) is 54.6 Å². The van der Waals surface area contributed by atoms with Crippen LogP contribution in [-0.4, -0.2) is 30.7 Å². The number of rotatable bonds is 10. The molecule has 3 N–H and O–H groups in total. The minimum Gasteiger partial charge on any atom is -0.449 e. The molecule has 0 aliphatic heterocycles. The van der Waals surface area contributed by atoms with Gasteiger partial charge >= 0.3 is 11.5 Å². The minimum atomic E-state index is -0.933. The van der Waals surface area contributed by atoms with Gasteiger partial charge in [-0.25, -0.2) is 9.59 Å². The smallest absolute Gasteiger partial charge is 0.407 e. The number of alkyl carbamates (subject to hydrolysis) is 1. The van der Waals surface area contributed by atoms with Gasteiger partial charge in [0, 0.05) is 17.5 Å². The highest BCUT2D eigenvalue weighted by atomic mass is 35.5. The molecule has 35 heavy (non-hydrogen) atoms. The predicted octanol–water partition coefficient (Wildman–Crippen LogP) is 6.14. The summed E-state index contributed by atoms with van der Waals surface area (Å²) < 4.78 is 11.1. The van der Waals surface area contributed by atoms with Gasteiger partial charge in [-0.05, 0) is 53.6 Å². The number of hydrogen-bond acceptors (Lipinski definition) is 5. The SMILES string of the molecule is NCCCC[C@H](NC(=O)OCC1c2ccccc2-c2ccccc21)C(OC(=O)Cl)c1ccccc1. The van der Waals surface area contributed by atoms with Crippen LogP contribution in [0.4, 0.5) is 9.59 Å². The quantitative estimate of drug-likeness (QED) is 0.262. The van der Waals surface area contributed by atoms with E-state index in [0.717, 1.165) is 40.7 Å². The molecule has 182 valence electrons. The second-order valence-corrected chi connectivity index (χ2v) is 8.86.